The first kappa shape index (κ1) is 33.7. The first-order chi connectivity index (χ1) is 14.0. The van der Waals surface area contributed by atoms with Crippen LogP contribution in [-0.2, 0) is 22.5 Å². The van der Waals surface area contributed by atoms with Gasteiger partial charge >= 0.3 is 17.1 Å². The number of aliphatic imine (C=N–C) groups is 2. The molecule has 0 aliphatic carbocycles. The molecule has 2 aromatic carbocycles. The maximum atomic E-state index is 11.9. The van der Waals surface area contributed by atoms with Crippen LogP contribution in [0.1, 0.15) is 38.8 Å². The molecule has 0 heterocycles. The van der Waals surface area contributed by atoms with Crippen LogP contribution in [-0.4, -0.2) is 23.5 Å². The third kappa shape index (κ3) is 12.0. The normalized spacial score (nSPS) is 12.1. The van der Waals surface area contributed by atoms with Crippen LogP contribution in [0.3, 0.4) is 0 Å². The summed E-state index contributed by atoms with van der Waals surface area (Å²) in [4.78, 5) is 9.10. The molecule has 3 N–H and O–H groups in total. The molecule has 2 rings (SSSR count). The number of nitrogens with zero attached hydrogens (tertiary/aromatic N) is 2. The molecule has 0 aromatic heterocycles. The Bertz CT molecular complexity index is 888. The van der Waals surface area contributed by atoms with Crippen molar-refractivity contribution < 1.29 is 61.6 Å². The summed E-state index contributed by atoms with van der Waals surface area (Å²) >= 11 is 11.9. The van der Waals surface area contributed by atoms with Crippen molar-refractivity contribution in [1.82, 2.24) is 0 Å². The number of benzene rings is 2. The second kappa shape index (κ2) is 13.5. The van der Waals surface area contributed by atoms with Crippen LogP contribution in [0.15, 0.2) is 46.4 Å². The van der Waals surface area contributed by atoms with Crippen LogP contribution in [0.4, 0.5) is 0 Å². The van der Waals surface area contributed by atoms with Gasteiger partial charge in [-0.25, -0.2) is 18.6 Å². The van der Waals surface area contributed by atoms with Crippen molar-refractivity contribution in [1.29, 1.82) is 0 Å². The van der Waals surface area contributed by atoms with E-state index in [1.807, 2.05) is 27.7 Å². The van der Waals surface area contributed by atoms with E-state index in [9.17, 15) is 10.2 Å². The number of hydrogen-bond donors (Lipinski definition) is 0. The van der Waals surface area contributed by atoms with Crippen molar-refractivity contribution in [2.45, 2.75) is 38.8 Å². The number of rotatable bonds is 5. The summed E-state index contributed by atoms with van der Waals surface area (Å²) in [5.74, 6) is -0.296. The third-order valence-corrected chi connectivity index (χ3v) is 4.96. The molecular weight excluding hydrogens is 542 g/mol. The zero-order valence-electron chi connectivity index (χ0n) is 18.1. The van der Waals surface area contributed by atoms with Crippen molar-refractivity contribution >= 4 is 35.6 Å². The van der Waals surface area contributed by atoms with Crippen molar-refractivity contribution in [3.8, 4) is 11.5 Å². The van der Waals surface area contributed by atoms with Crippen LogP contribution >= 0.6 is 23.2 Å². The minimum Gasteiger partial charge on any atom is -0.872 e. The Hall–Kier alpha value is -1.43. The zero-order chi connectivity index (χ0) is 24.0. The molecule has 0 bridgehead atoms. The van der Waals surface area contributed by atoms with Gasteiger partial charge in [-0.05, 0) is 63.1 Å². The maximum Gasteiger partial charge on any atom is 3.00 e. The Morgan fingerprint density at radius 2 is 1.00 bits per heavy atom. The Kier molecular flexibility index (Phi) is 13.8. The molecule has 0 saturated heterocycles. The van der Waals surface area contributed by atoms with Crippen LogP contribution in [0.2, 0.25) is 10.0 Å². The quantitative estimate of drug-likeness (QED) is 0.242. The van der Waals surface area contributed by atoms with E-state index >= 15 is 0 Å². The first-order valence-corrected chi connectivity index (χ1v) is 10.7. The smallest absolute Gasteiger partial charge is 0.872 e. The van der Waals surface area contributed by atoms with E-state index in [0.29, 0.717) is 21.2 Å². The summed E-state index contributed by atoms with van der Waals surface area (Å²) in [5.41, 5.74) is -0.441. The second-order valence-corrected chi connectivity index (χ2v) is 9.01. The number of halogens is 3. The van der Waals surface area contributed by atoms with Gasteiger partial charge in [0.15, 0.2) is 0 Å². The van der Waals surface area contributed by atoms with Gasteiger partial charge in [0.1, 0.15) is 0 Å². The largest absolute Gasteiger partial charge is 3.00 e. The fraction of sp³-hybridized carbons (Fsp3) is 0.300. The Morgan fingerprint density at radius 1 is 0.727 bits per heavy atom. The summed E-state index contributed by atoms with van der Waals surface area (Å²) in [7, 11) is -4.94. The monoisotopic (exact) mass is 563 g/mol. The Balaban J connectivity index is 0. The van der Waals surface area contributed by atoms with Gasteiger partial charge < -0.3 is 15.7 Å². The summed E-state index contributed by atoms with van der Waals surface area (Å²) in [5, 5.41) is 24.7. The molecule has 0 unspecified atom stereocenters. The molecule has 0 spiro atoms. The fourth-order valence-electron chi connectivity index (χ4n) is 2.02. The predicted molar refractivity (Wildman–Crippen MR) is 110 cm³/mol. The SMILES string of the molecule is CC(C)(N=Cc1cc(Cl)ccc1[O-])C(C)(C)N=Cc1cc(Cl)ccc1[O-].[Mn+3].[O-][Cl+3]([O-])([O-])[O-].[OH3+]. The standard InChI is InChI=1S/C20H22Cl2N2O2.ClHO4.Mn.H2O/c1-19(2,23-11-13-9-15(21)5-7-17(13)25)20(3,4)24-12-14-10-16(22)6-8-18(14)26;2-1(3,4)5;;/h5-12,25-26H,1-4H3;(H,2,3,4,5);;1H2/q;;+3;/p-2. The number of hydrogen-bond acceptors (Lipinski definition) is 8. The molecule has 0 saturated carbocycles. The summed E-state index contributed by atoms with van der Waals surface area (Å²) in [6.45, 7) is 7.63. The summed E-state index contributed by atoms with van der Waals surface area (Å²) in [6.07, 6.45) is 3.04. The average molecular weight is 565 g/mol. The van der Waals surface area contributed by atoms with E-state index in [1.165, 1.54) is 24.6 Å². The Morgan fingerprint density at radius 3 is 1.27 bits per heavy atom. The van der Waals surface area contributed by atoms with Gasteiger partial charge in [-0.15, -0.1) is 10.2 Å². The molecule has 0 aliphatic heterocycles. The van der Waals surface area contributed by atoms with E-state index in [4.69, 9.17) is 41.8 Å². The molecule has 13 heteroatoms. The van der Waals surface area contributed by atoms with Crippen LogP contribution < -0.4 is 28.8 Å². The second-order valence-electron chi connectivity index (χ2n) is 7.38. The zero-order valence-corrected chi connectivity index (χ0v) is 21.5. The van der Waals surface area contributed by atoms with Crippen molar-refractivity contribution in [3.63, 3.8) is 0 Å². The van der Waals surface area contributed by atoms with Gasteiger partial charge in [0, 0.05) is 22.5 Å². The van der Waals surface area contributed by atoms with Crippen molar-refractivity contribution in [2.24, 2.45) is 9.98 Å². The minimum absolute atomic E-state index is 0. The molecule has 182 valence electrons. The minimum atomic E-state index is -4.94. The molecule has 33 heavy (non-hydrogen) atoms. The molecule has 0 amide bonds. The molecule has 0 radical (unpaired) electrons. The van der Waals surface area contributed by atoms with Gasteiger partial charge in [0.25, 0.3) is 0 Å². The molecule has 0 fully saturated rings. The van der Waals surface area contributed by atoms with Gasteiger partial charge in [0.05, 0.1) is 11.1 Å². The molecule has 2 aromatic rings. The first-order valence-electron chi connectivity index (χ1n) is 8.67. The third-order valence-electron chi connectivity index (χ3n) is 4.49. The molecule has 0 aliphatic rings. The van der Waals surface area contributed by atoms with Gasteiger partial charge in [-0.2, -0.15) is 0 Å². The van der Waals surface area contributed by atoms with E-state index in [2.05, 4.69) is 9.98 Å². The molecular formula is C20H23Cl3MnN2O7+. The van der Waals surface area contributed by atoms with Gasteiger partial charge in [-0.3, -0.25) is 9.98 Å². The van der Waals surface area contributed by atoms with Gasteiger partial charge in [-0.1, -0.05) is 46.8 Å². The molecule has 0 atom stereocenters. The van der Waals surface area contributed by atoms with E-state index in [-0.39, 0.29) is 34.0 Å². The van der Waals surface area contributed by atoms with Crippen molar-refractivity contribution in [2.75, 3.05) is 0 Å². The average Bonchev–Trinajstić information content (AvgIpc) is 2.62. The van der Waals surface area contributed by atoms with Crippen LogP contribution in [0.25, 0.3) is 0 Å². The predicted octanol–water partition coefficient (Wildman–Crippen LogP) is -1.44. The Labute approximate surface area is 214 Å². The summed E-state index contributed by atoms with van der Waals surface area (Å²) in [6, 6.07) is 9.08. The van der Waals surface area contributed by atoms with E-state index < -0.39 is 21.3 Å². The van der Waals surface area contributed by atoms with Gasteiger partial charge in [0.2, 0.25) is 0 Å². The van der Waals surface area contributed by atoms with Crippen LogP contribution in [0, 0.1) is 10.2 Å². The van der Waals surface area contributed by atoms with Crippen LogP contribution in [0.5, 0.6) is 11.5 Å². The van der Waals surface area contributed by atoms with E-state index in [1.54, 1.807) is 24.3 Å². The topological polar surface area (TPSA) is 196 Å². The fourth-order valence-corrected chi connectivity index (χ4v) is 2.38. The van der Waals surface area contributed by atoms with Crippen molar-refractivity contribution in [3.05, 3.63) is 57.6 Å². The van der Waals surface area contributed by atoms with E-state index in [0.717, 1.165) is 0 Å². The summed E-state index contributed by atoms with van der Waals surface area (Å²) < 4.78 is 34.0. The maximum absolute atomic E-state index is 11.9. The molecule has 9 nitrogen and oxygen atoms in total.